The SMILES string of the molecule is NC(Cc1ccc(Cl)c(Cl)c1)c1c(Cl)cccc1Cl. The molecule has 2 N–H and O–H groups in total. The van der Waals surface area contributed by atoms with Crippen molar-refractivity contribution in [2.75, 3.05) is 0 Å². The van der Waals surface area contributed by atoms with Crippen LogP contribution in [0.4, 0.5) is 0 Å². The Hall–Kier alpha value is -0.440. The largest absolute Gasteiger partial charge is 0.324 e. The maximum absolute atomic E-state index is 6.17. The van der Waals surface area contributed by atoms with E-state index in [1.165, 1.54) is 0 Å². The Bertz CT molecular complexity index is 578. The van der Waals surface area contributed by atoms with Crippen molar-refractivity contribution < 1.29 is 0 Å². The molecule has 0 aliphatic rings. The van der Waals surface area contributed by atoms with Gasteiger partial charge in [0.25, 0.3) is 0 Å². The van der Waals surface area contributed by atoms with Gasteiger partial charge in [-0.05, 0) is 36.2 Å². The van der Waals surface area contributed by atoms with Crippen molar-refractivity contribution in [1.82, 2.24) is 0 Å². The molecule has 0 amide bonds. The van der Waals surface area contributed by atoms with Crippen LogP contribution in [0.15, 0.2) is 36.4 Å². The lowest BCUT2D eigenvalue weighted by Gasteiger charge is -2.15. The maximum Gasteiger partial charge on any atom is 0.0595 e. The van der Waals surface area contributed by atoms with Crippen LogP contribution in [0.2, 0.25) is 20.1 Å². The lowest BCUT2D eigenvalue weighted by molar-refractivity contribution is 0.722. The number of nitrogens with two attached hydrogens (primary N) is 1. The van der Waals surface area contributed by atoms with Gasteiger partial charge in [-0.15, -0.1) is 0 Å². The summed E-state index contributed by atoms with van der Waals surface area (Å²) < 4.78 is 0. The van der Waals surface area contributed by atoms with Crippen LogP contribution in [0.1, 0.15) is 17.2 Å². The zero-order valence-corrected chi connectivity index (χ0v) is 12.9. The predicted octanol–water partition coefficient (Wildman–Crippen LogP) is 5.54. The van der Waals surface area contributed by atoms with Gasteiger partial charge < -0.3 is 5.73 Å². The molecule has 0 saturated carbocycles. The van der Waals surface area contributed by atoms with Crippen molar-refractivity contribution in [3.63, 3.8) is 0 Å². The minimum Gasteiger partial charge on any atom is -0.324 e. The Morgan fingerprint density at radius 2 is 1.47 bits per heavy atom. The van der Waals surface area contributed by atoms with Gasteiger partial charge in [0.05, 0.1) is 10.0 Å². The molecule has 0 spiro atoms. The summed E-state index contributed by atoms with van der Waals surface area (Å²) in [5.41, 5.74) is 7.90. The van der Waals surface area contributed by atoms with Crippen molar-refractivity contribution in [2.24, 2.45) is 5.73 Å². The minimum absolute atomic E-state index is 0.293. The van der Waals surface area contributed by atoms with Crippen LogP contribution in [-0.2, 0) is 6.42 Å². The number of rotatable bonds is 3. The molecule has 0 aromatic heterocycles. The molecule has 2 aromatic carbocycles. The number of halogens is 4. The molecular formula is C14H11Cl4N. The van der Waals surface area contributed by atoms with E-state index < -0.39 is 0 Å². The van der Waals surface area contributed by atoms with Gasteiger partial charge in [0.2, 0.25) is 0 Å². The Labute approximate surface area is 132 Å². The van der Waals surface area contributed by atoms with Gasteiger partial charge in [0, 0.05) is 21.7 Å². The molecule has 1 unspecified atom stereocenters. The highest BCUT2D eigenvalue weighted by molar-refractivity contribution is 6.42. The van der Waals surface area contributed by atoms with E-state index in [0.717, 1.165) is 11.1 Å². The molecule has 0 heterocycles. The standard InChI is InChI=1S/C14H11Cl4N/c15-9-5-4-8(6-12(9)18)7-13(19)14-10(16)2-1-3-11(14)17/h1-6,13H,7,19H2. The number of hydrogen-bond donors (Lipinski definition) is 1. The summed E-state index contributed by atoms with van der Waals surface area (Å²) in [5.74, 6) is 0. The summed E-state index contributed by atoms with van der Waals surface area (Å²) in [6.07, 6.45) is 0.584. The van der Waals surface area contributed by atoms with Crippen LogP contribution in [0.5, 0.6) is 0 Å². The Balaban J connectivity index is 2.25. The van der Waals surface area contributed by atoms with Crippen LogP contribution >= 0.6 is 46.4 Å². The molecule has 1 atom stereocenters. The number of hydrogen-bond acceptors (Lipinski definition) is 1. The van der Waals surface area contributed by atoms with Gasteiger partial charge in [0.15, 0.2) is 0 Å². The fraction of sp³-hybridized carbons (Fsp3) is 0.143. The summed E-state index contributed by atoms with van der Waals surface area (Å²) in [5, 5.41) is 2.17. The average Bonchev–Trinajstić information content (AvgIpc) is 2.33. The van der Waals surface area contributed by atoms with Crippen molar-refractivity contribution in [3.8, 4) is 0 Å². The third kappa shape index (κ3) is 3.56. The summed E-state index contributed by atoms with van der Waals surface area (Å²) in [6, 6.07) is 10.5. The summed E-state index contributed by atoms with van der Waals surface area (Å²) in [4.78, 5) is 0. The second-order valence-corrected chi connectivity index (χ2v) is 5.82. The average molecular weight is 335 g/mol. The van der Waals surface area contributed by atoms with Crippen LogP contribution in [-0.4, -0.2) is 0 Å². The minimum atomic E-state index is -0.293. The first-order valence-corrected chi connectivity index (χ1v) is 7.13. The van der Waals surface area contributed by atoms with Gasteiger partial charge in [-0.25, -0.2) is 0 Å². The van der Waals surface area contributed by atoms with Gasteiger partial charge in [-0.1, -0.05) is 58.5 Å². The second-order valence-electron chi connectivity index (χ2n) is 4.19. The van der Waals surface area contributed by atoms with Crippen molar-refractivity contribution in [3.05, 3.63) is 67.6 Å². The van der Waals surface area contributed by atoms with E-state index in [9.17, 15) is 0 Å². The van der Waals surface area contributed by atoms with Crippen molar-refractivity contribution in [1.29, 1.82) is 0 Å². The molecular weight excluding hydrogens is 324 g/mol. The molecule has 0 aliphatic carbocycles. The van der Waals surface area contributed by atoms with E-state index >= 15 is 0 Å². The van der Waals surface area contributed by atoms with Gasteiger partial charge in [0.1, 0.15) is 0 Å². The highest BCUT2D eigenvalue weighted by Gasteiger charge is 2.15. The van der Waals surface area contributed by atoms with Gasteiger partial charge >= 0.3 is 0 Å². The zero-order valence-electron chi connectivity index (χ0n) is 9.84. The predicted molar refractivity (Wildman–Crippen MR) is 83.6 cm³/mol. The molecule has 0 fully saturated rings. The molecule has 2 rings (SSSR count). The lowest BCUT2D eigenvalue weighted by atomic mass is 9.99. The summed E-state index contributed by atoms with van der Waals surface area (Å²) in [6.45, 7) is 0. The van der Waals surface area contributed by atoms with Gasteiger partial charge in [-0.3, -0.25) is 0 Å². The first kappa shape index (κ1) is 15.0. The Morgan fingerprint density at radius 1 is 0.842 bits per heavy atom. The highest BCUT2D eigenvalue weighted by atomic mass is 35.5. The fourth-order valence-electron chi connectivity index (χ4n) is 1.89. The molecule has 0 aliphatic heterocycles. The monoisotopic (exact) mass is 333 g/mol. The van der Waals surface area contributed by atoms with E-state index in [4.69, 9.17) is 52.1 Å². The third-order valence-electron chi connectivity index (χ3n) is 2.81. The van der Waals surface area contributed by atoms with Crippen LogP contribution in [0.3, 0.4) is 0 Å². The van der Waals surface area contributed by atoms with E-state index in [0.29, 0.717) is 26.5 Å². The molecule has 100 valence electrons. The lowest BCUT2D eigenvalue weighted by Crippen LogP contribution is -2.14. The first-order chi connectivity index (χ1) is 8.99. The highest BCUT2D eigenvalue weighted by Crippen LogP contribution is 2.31. The normalized spacial score (nSPS) is 12.5. The van der Waals surface area contributed by atoms with Crippen LogP contribution < -0.4 is 5.73 Å². The molecule has 1 nitrogen and oxygen atoms in total. The molecule has 0 radical (unpaired) electrons. The first-order valence-electron chi connectivity index (χ1n) is 5.62. The third-order valence-corrected chi connectivity index (χ3v) is 4.21. The smallest absolute Gasteiger partial charge is 0.0595 e. The molecule has 2 aromatic rings. The molecule has 0 bridgehead atoms. The van der Waals surface area contributed by atoms with E-state index in [1.807, 2.05) is 6.07 Å². The number of benzene rings is 2. The fourth-order valence-corrected chi connectivity index (χ4v) is 2.89. The van der Waals surface area contributed by atoms with Crippen LogP contribution in [0.25, 0.3) is 0 Å². The van der Waals surface area contributed by atoms with E-state index in [-0.39, 0.29) is 6.04 Å². The quantitative estimate of drug-likeness (QED) is 0.783. The Kier molecular flexibility index (Phi) is 4.99. The maximum atomic E-state index is 6.17. The molecule has 19 heavy (non-hydrogen) atoms. The molecule has 0 saturated heterocycles. The summed E-state index contributed by atoms with van der Waals surface area (Å²) >= 11 is 24.1. The van der Waals surface area contributed by atoms with Crippen molar-refractivity contribution >= 4 is 46.4 Å². The second kappa shape index (κ2) is 6.34. The Morgan fingerprint density at radius 3 is 2.05 bits per heavy atom. The van der Waals surface area contributed by atoms with Gasteiger partial charge in [-0.2, -0.15) is 0 Å². The summed E-state index contributed by atoms with van der Waals surface area (Å²) in [7, 11) is 0. The topological polar surface area (TPSA) is 26.0 Å². The van der Waals surface area contributed by atoms with Crippen molar-refractivity contribution in [2.45, 2.75) is 12.5 Å². The van der Waals surface area contributed by atoms with E-state index in [1.54, 1.807) is 30.3 Å². The van der Waals surface area contributed by atoms with E-state index in [2.05, 4.69) is 0 Å². The molecule has 5 heteroatoms. The zero-order chi connectivity index (χ0) is 14.0. The van der Waals surface area contributed by atoms with Crippen LogP contribution in [0, 0.1) is 0 Å².